The predicted octanol–water partition coefficient (Wildman–Crippen LogP) is 7.45. The molecule has 0 aromatic heterocycles. The van der Waals surface area contributed by atoms with Crippen LogP contribution >= 0.6 is 27.5 Å². The maximum Gasteiger partial charge on any atom is 0.120 e. The molecule has 0 spiro atoms. The standard InChI is InChI=1S/C24H19BrClNO/c25-23-12-11-20(14-24(23)26)27-15-17-5-3-9-21(13-17)28-16-19-8-4-7-18-6-1-2-10-22(18)19/h1-14,27H,15-16H2. The maximum atomic E-state index is 6.15. The zero-order valence-corrected chi connectivity index (χ0v) is 17.5. The topological polar surface area (TPSA) is 21.3 Å². The molecule has 2 nitrogen and oxygen atoms in total. The van der Waals surface area contributed by atoms with Crippen LogP contribution in [0.4, 0.5) is 5.69 Å². The highest BCUT2D eigenvalue weighted by Gasteiger charge is 2.03. The minimum Gasteiger partial charge on any atom is -0.489 e. The Kier molecular flexibility index (Phi) is 5.84. The largest absolute Gasteiger partial charge is 0.489 e. The summed E-state index contributed by atoms with van der Waals surface area (Å²) >= 11 is 9.56. The smallest absolute Gasteiger partial charge is 0.120 e. The molecule has 1 N–H and O–H groups in total. The average Bonchev–Trinajstić information content (AvgIpc) is 2.73. The number of fused-ring (bicyclic) bond motifs is 1. The number of ether oxygens (including phenoxy) is 1. The van der Waals surface area contributed by atoms with E-state index in [-0.39, 0.29) is 0 Å². The van der Waals surface area contributed by atoms with E-state index in [0.717, 1.165) is 21.5 Å². The predicted molar refractivity (Wildman–Crippen MR) is 121 cm³/mol. The molecule has 0 aliphatic heterocycles. The molecule has 28 heavy (non-hydrogen) atoms. The number of halogens is 2. The molecule has 0 radical (unpaired) electrons. The number of benzene rings is 4. The summed E-state index contributed by atoms with van der Waals surface area (Å²) in [7, 11) is 0. The van der Waals surface area contributed by atoms with Gasteiger partial charge < -0.3 is 10.1 Å². The fraction of sp³-hybridized carbons (Fsp3) is 0.0833. The van der Waals surface area contributed by atoms with Gasteiger partial charge in [0.1, 0.15) is 12.4 Å². The minimum atomic E-state index is 0.542. The zero-order valence-electron chi connectivity index (χ0n) is 15.2. The van der Waals surface area contributed by atoms with Crippen molar-refractivity contribution in [3.05, 3.63) is 106 Å². The Morgan fingerprint density at radius 2 is 1.68 bits per heavy atom. The monoisotopic (exact) mass is 451 g/mol. The van der Waals surface area contributed by atoms with Crippen molar-refractivity contribution in [2.75, 3.05) is 5.32 Å². The number of rotatable bonds is 6. The lowest BCUT2D eigenvalue weighted by molar-refractivity contribution is 0.307. The van der Waals surface area contributed by atoms with E-state index >= 15 is 0 Å². The van der Waals surface area contributed by atoms with E-state index in [2.05, 4.69) is 75.8 Å². The highest BCUT2D eigenvalue weighted by Crippen LogP contribution is 2.26. The first kappa shape index (κ1) is 18.9. The summed E-state index contributed by atoms with van der Waals surface area (Å²) < 4.78 is 6.96. The molecule has 0 unspecified atom stereocenters. The van der Waals surface area contributed by atoms with Crippen LogP contribution < -0.4 is 10.1 Å². The number of nitrogens with one attached hydrogen (secondary N) is 1. The lowest BCUT2D eigenvalue weighted by Crippen LogP contribution is -2.01. The van der Waals surface area contributed by atoms with E-state index in [1.165, 1.54) is 16.3 Å². The van der Waals surface area contributed by atoms with E-state index in [9.17, 15) is 0 Å². The average molecular weight is 453 g/mol. The molecular weight excluding hydrogens is 434 g/mol. The third kappa shape index (κ3) is 4.49. The van der Waals surface area contributed by atoms with Gasteiger partial charge in [0.25, 0.3) is 0 Å². The molecule has 140 valence electrons. The summed E-state index contributed by atoms with van der Waals surface area (Å²) in [6.45, 7) is 1.24. The van der Waals surface area contributed by atoms with Gasteiger partial charge in [-0.15, -0.1) is 0 Å². The quantitative estimate of drug-likeness (QED) is 0.328. The summed E-state index contributed by atoms with van der Waals surface area (Å²) in [5.74, 6) is 0.862. The van der Waals surface area contributed by atoms with Gasteiger partial charge in [-0.3, -0.25) is 0 Å². The molecule has 4 aromatic rings. The van der Waals surface area contributed by atoms with Gasteiger partial charge in [0, 0.05) is 16.7 Å². The summed E-state index contributed by atoms with van der Waals surface area (Å²) in [5, 5.41) is 6.55. The fourth-order valence-electron chi connectivity index (χ4n) is 3.13. The van der Waals surface area contributed by atoms with Crippen molar-refractivity contribution in [1.82, 2.24) is 0 Å². The van der Waals surface area contributed by atoms with E-state index in [1.54, 1.807) is 0 Å². The van der Waals surface area contributed by atoms with Crippen LogP contribution in [0.3, 0.4) is 0 Å². The molecule has 4 rings (SSSR count). The molecule has 0 bridgehead atoms. The van der Waals surface area contributed by atoms with Gasteiger partial charge in [-0.05, 0) is 68.2 Å². The molecule has 0 atom stereocenters. The minimum absolute atomic E-state index is 0.542. The summed E-state index contributed by atoms with van der Waals surface area (Å²) in [6, 6.07) is 28.7. The molecule has 0 heterocycles. The van der Waals surface area contributed by atoms with Crippen molar-refractivity contribution in [1.29, 1.82) is 0 Å². The summed E-state index contributed by atoms with van der Waals surface area (Å²) in [5.41, 5.74) is 3.32. The van der Waals surface area contributed by atoms with E-state index in [0.29, 0.717) is 18.2 Å². The molecular formula is C24H19BrClNO. The highest BCUT2D eigenvalue weighted by atomic mass is 79.9. The molecule has 0 saturated heterocycles. The van der Waals surface area contributed by atoms with Crippen LogP contribution in [0.15, 0.2) is 89.4 Å². The number of hydrogen-bond acceptors (Lipinski definition) is 2. The highest BCUT2D eigenvalue weighted by molar-refractivity contribution is 9.10. The lowest BCUT2D eigenvalue weighted by atomic mass is 10.1. The van der Waals surface area contributed by atoms with Crippen LogP contribution in [0.25, 0.3) is 10.8 Å². The van der Waals surface area contributed by atoms with E-state index < -0.39 is 0 Å². The third-order valence-corrected chi connectivity index (χ3v) is 5.82. The molecule has 0 fully saturated rings. The van der Waals surface area contributed by atoms with Crippen molar-refractivity contribution in [2.45, 2.75) is 13.2 Å². The molecule has 0 amide bonds. The van der Waals surface area contributed by atoms with Crippen molar-refractivity contribution in [3.63, 3.8) is 0 Å². The Labute approximate surface area is 178 Å². The van der Waals surface area contributed by atoms with Crippen LogP contribution in [0.5, 0.6) is 5.75 Å². The molecule has 4 aromatic carbocycles. The Morgan fingerprint density at radius 1 is 0.857 bits per heavy atom. The summed E-state index contributed by atoms with van der Waals surface area (Å²) in [6.07, 6.45) is 0. The van der Waals surface area contributed by atoms with Crippen molar-refractivity contribution >= 4 is 44.0 Å². The first-order valence-corrected chi connectivity index (χ1v) is 10.2. The number of anilines is 1. The van der Waals surface area contributed by atoms with E-state index in [1.807, 2.05) is 30.3 Å². The second kappa shape index (κ2) is 8.68. The van der Waals surface area contributed by atoms with Crippen LogP contribution in [0.1, 0.15) is 11.1 Å². The molecule has 0 aliphatic rings. The number of hydrogen-bond donors (Lipinski definition) is 1. The SMILES string of the molecule is Clc1cc(NCc2cccc(OCc3cccc4ccccc34)c2)ccc1Br. The second-order valence-corrected chi connectivity index (χ2v) is 7.82. The third-order valence-electron chi connectivity index (χ3n) is 4.59. The van der Waals surface area contributed by atoms with Crippen molar-refractivity contribution < 1.29 is 4.74 Å². The van der Waals surface area contributed by atoms with Crippen molar-refractivity contribution in [3.8, 4) is 5.75 Å². The molecule has 0 saturated carbocycles. The second-order valence-electron chi connectivity index (χ2n) is 6.56. The zero-order chi connectivity index (χ0) is 19.3. The van der Waals surface area contributed by atoms with Crippen LogP contribution in [-0.4, -0.2) is 0 Å². The van der Waals surface area contributed by atoms with Crippen LogP contribution in [-0.2, 0) is 13.2 Å². The Hall–Kier alpha value is -2.49. The fourth-order valence-corrected chi connectivity index (χ4v) is 3.56. The Balaban J connectivity index is 1.42. The first-order chi connectivity index (χ1) is 13.7. The summed E-state index contributed by atoms with van der Waals surface area (Å²) in [4.78, 5) is 0. The van der Waals surface area contributed by atoms with Gasteiger partial charge >= 0.3 is 0 Å². The van der Waals surface area contributed by atoms with Gasteiger partial charge in [0.15, 0.2) is 0 Å². The maximum absolute atomic E-state index is 6.15. The van der Waals surface area contributed by atoms with Gasteiger partial charge in [-0.25, -0.2) is 0 Å². The molecule has 0 aliphatic carbocycles. The van der Waals surface area contributed by atoms with Crippen LogP contribution in [0, 0.1) is 0 Å². The Bertz CT molecular complexity index is 1110. The van der Waals surface area contributed by atoms with E-state index in [4.69, 9.17) is 16.3 Å². The lowest BCUT2D eigenvalue weighted by Gasteiger charge is -2.11. The van der Waals surface area contributed by atoms with Crippen LogP contribution in [0.2, 0.25) is 5.02 Å². The van der Waals surface area contributed by atoms with Gasteiger partial charge in [0.05, 0.1) is 5.02 Å². The van der Waals surface area contributed by atoms with Gasteiger partial charge in [-0.2, -0.15) is 0 Å². The van der Waals surface area contributed by atoms with Gasteiger partial charge in [0.2, 0.25) is 0 Å². The van der Waals surface area contributed by atoms with Gasteiger partial charge in [-0.1, -0.05) is 66.2 Å². The first-order valence-electron chi connectivity index (χ1n) is 9.06. The van der Waals surface area contributed by atoms with Crippen molar-refractivity contribution in [2.24, 2.45) is 0 Å². The normalized spacial score (nSPS) is 10.8. The Morgan fingerprint density at radius 3 is 2.57 bits per heavy atom. The molecule has 4 heteroatoms.